The molecule has 0 bridgehead atoms. The fourth-order valence-electron chi connectivity index (χ4n) is 2.07. The van der Waals surface area contributed by atoms with Gasteiger partial charge in [-0.2, -0.15) is 0 Å². The highest BCUT2D eigenvalue weighted by atomic mass is 16.5. The van der Waals surface area contributed by atoms with Crippen LogP contribution in [-0.4, -0.2) is 17.6 Å². The SMILES string of the molecule is CCOc1ncccc1CNC(=O)NCc1cccc(C)c1. The minimum Gasteiger partial charge on any atom is -0.478 e. The van der Waals surface area contributed by atoms with Crippen molar-refractivity contribution >= 4 is 6.03 Å². The van der Waals surface area contributed by atoms with Gasteiger partial charge in [0.2, 0.25) is 5.88 Å². The van der Waals surface area contributed by atoms with Gasteiger partial charge >= 0.3 is 6.03 Å². The van der Waals surface area contributed by atoms with E-state index in [9.17, 15) is 4.79 Å². The summed E-state index contributed by atoms with van der Waals surface area (Å²) < 4.78 is 5.43. The molecule has 0 aliphatic rings. The van der Waals surface area contributed by atoms with Crippen LogP contribution >= 0.6 is 0 Å². The van der Waals surface area contributed by atoms with Gasteiger partial charge in [-0.05, 0) is 25.5 Å². The molecule has 2 aromatic rings. The highest BCUT2D eigenvalue weighted by Crippen LogP contribution is 2.13. The molecule has 0 atom stereocenters. The molecule has 116 valence electrons. The lowest BCUT2D eigenvalue weighted by Crippen LogP contribution is -2.34. The maximum absolute atomic E-state index is 11.9. The predicted molar refractivity (Wildman–Crippen MR) is 85.7 cm³/mol. The lowest BCUT2D eigenvalue weighted by molar-refractivity contribution is 0.240. The van der Waals surface area contributed by atoms with Crippen molar-refractivity contribution in [3.63, 3.8) is 0 Å². The lowest BCUT2D eigenvalue weighted by atomic mass is 10.1. The molecule has 1 aromatic heterocycles. The van der Waals surface area contributed by atoms with Crippen molar-refractivity contribution in [3.05, 3.63) is 59.3 Å². The van der Waals surface area contributed by atoms with Crippen molar-refractivity contribution in [2.75, 3.05) is 6.61 Å². The number of carbonyl (C=O) groups excluding carboxylic acids is 1. The quantitative estimate of drug-likeness (QED) is 0.862. The van der Waals surface area contributed by atoms with Gasteiger partial charge in [-0.1, -0.05) is 35.9 Å². The van der Waals surface area contributed by atoms with E-state index in [-0.39, 0.29) is 6.03 Å². The monoisotopic (exact) mass is 299 g/mol. The number of hydrogen-bond acceptors (Lipinski definition) is 3. The Balaban J connectivity index is 1.83. The molecule has 2 rings (SSSR count). The van der Waals surface area contributed by atoms with Crippen molar-refractivity contribution in [1.82, 2.24) is 15.6 Å². The van der Waals surface area contributed by atoms with E-state index in [4.69, 9.17) is 4.74 Å². The molecule has 2 amide bonds. The summed E-state index contributed by atoms with van der Waals surface area (Å²) in [7, 11) is 0. The lowest BCUT2D eigenvalue weighted by Gasteiger charge is -2.11. The molecule has 0 aliphatic heterocycles. The van der Waals surface area contributed by atoms with Gasteiger partial charge in [-0.25, -0.2) is 9.78 Å². The number of aryl methyl sites for hydroxylation is 1. The van der Waals surface area contributed by atoms with Crippen LogP contribution in [0.5, 0.6) is 5.88 Å². The van der Waals surface area contributed by atoms with Crippen LogP contribution in [0.25, 0.3) is 0 Å². The minimum atomic E-state index is -0.215. The maximum Gasteiger partial charge on any atom is 0.315 e. The summed E-state index contributed by atoms with van der Waals surface area (Å²) in [5, 5.41) is 5.65. The number of rotatable bonds is 6. The van der Waals surface area contributed by atoms with Crippen molar-refractivity contribution in [1.29, 1.82) is 0 Å². The van der Waals surface area contributed by atoms with Crippen LogP contribution in [0.1, 0.15) is 23.6 Å². The third kappa shape index (κ3) is 4.77. The molecule has 0 saturated heterocycles. The summed E-state index contributed by atoms with van der Waals surface area (Å²) in [5.74, 6) is 0.559. The molecule has 0 spiro atoms. The number of urea groups is 1. The fraction of sp³-hybridized carbons (Fsp3) is 0.294. The zero-order valence-electron chi connectivity index (χ0n) is 12.9. The Morgan fingerprint density at radius 3 is 2.77 bits per heavy atom. The smallest absolute Gasteiger partial charge is 0.315 e. The third-order valence-electron chi connectivity index (χ3n) is 3.11. The molecule has 5 nitrogen and oxygen atoms in total. The Hall–Kier alpha value is -2.56. The van der Waals surface area contributed by atoms with Gasteiger partial charge in [0.25, 0.3) is 0 Å². The largest absolute Gasteiger partial charge is 0.478 e. The van der Waals surface area contributed by atoms with Crippen LogP contribution in [0.3, 0.4) is 0 Å². The summed E-state index contributed by atoms with van der Waals surface area (Å²) in [6.07, 6.45) is 1.67. The highest BCUT2D eigenvalue weighted by Gasteiger charge is 2.06. The molecule has 22 heavy (non-hydrogen) atoms. The van der Waals surface area contributed by atoms with Crippen molar-refractivity contribution in [2.45, 2.75) is 26.9 Å². The van der Waals surface area contributed by atoms with E-state index in [1.807, 2.05) is 44.2 Å². The first-order chi connectivity index (χ1) is 10.7. The van der Waals surface area contributed by atoms with E-state index in [2.05, 4.69) is 21.7 Å². The van der Waals surface area contributed by atoms with Crippen molar-refractivity contribution in [2.24, 2.45) is 0 Å². The van der Waals surface area contributed by atoms with E-state index in [1.54, 1.807) is 6.20 Å². The molecule has 0 unspecified atom stereocenters. The van der Waals surface area contributed by atoms with Crippen LogP contribution in [0.2, 0.25) is 0 Å². The van der Waals surface area contributed by atoms with Gasteiger partial charge in [0, 0.05) is 24.8 Å². The number of nitrogens with zero attached hydrogens (tertiary/aromatic N) is 1. The van der Waals surface area contributed by atoms with Crippen molar-refractivity contribution < 1.29 is 9.53 Å². The predicted octanol–water partition coefficient (Wildman–Crippen LogP) is 2.79. The van der Waals surface area contributed by atoms with E-state index < -0.39 is 0 Å². The first-order valence-electron chi connectivity index (χ1n) is 7.33. The van der Waals surface area contributed by atoms with Gasteiger partial charge in [-0.15, -0.1) is 0 Å². The van der Waals surface area contributed by atoms with Gasteiger partial charge in [-0.3, -0.25) is 0 Å². The van der Waals surface area contributed by atoms with Gasteiger partial charge in [0.1, 0.15) is 0 Å². The number of amides is 2. The number of benzene rings is 1. The van der Waals surface area contributed by atoms with E-state index in [1.165, 1.54) is 5.56 Å². The first-order valence-corrected chi connectivity index (χ1v) is 7.33. The van der Waals surface area contributed by atoms with Gasteiger partial charge in [0.15, 0.2) is 0 Å². The number of aromatic nitrogens is 1. The molecular weight excluding hydrogens is 278 g/mol. The molecule has 0 aliphatic carbocycles. The molecular formula is C17H21N3O2. The van der Waals surface area contributed by atoms with Crippen LogP contribution in [0, 0.1) is 6.92 Å². The molecule has 1 aromatic carbocycles. The summed E-state index contributed by atoms with van der Waals surface area (Å²) in [5.41, 5.74) is 3.11. The van der Waals surface area contributed by atoms with Crippen LogP contribution in [-0.2, 0) is 13.1 Å². The average molecular weight is 299 g/mol. The Kier molecular flexibility index (Phi) is 5.77. The number of hydrogen-bond donors (Lipinski definition) is 2. The third-order valence-corrected chi connectivity index (χ3v) is 3.11. The fourth-order valence-corrected chi connectivity index (χ4v) is 2.07. The second kappa shape index (κ2) is 8.02. The molecule has 5 heteroatoms. The number of nitrogens with one attached hydrogen (secondary N) is 2. The second-order valence-corrected chi connectivity index (χ2v) is 4.93. The van der Waals surface area contributed by atoms with Crippen molar-refractivity contribution in [3.8, 4) is 5.88 Å². The maximum atomic E-state index is 11.9. The topological polar surface area (TPSA) is 63.2 Å². The van der Waals surface area contributed by atoms with Gasteiger partial charge in [0.05, 0.1) is 6.61 Å². The summed E-state index contributed by atoms with van der Waals surface area (Å²) >= 11 is 0. The second-order valence-electron chi connectivity index (χ2n) is 4.93. The average Bonchev–Trinajstić information content (AvgIpc) is 2.52. The van der Waals surface area contributed by atoms with E-state index >= 15 is 0 Å². The zero-order chi connectivity index (χ0) is 15.8. The van der Waals surface area contributed by atoms with Gasteiger partial charge < -0.3 is 15.4 Å². The molecule has 1 heterocycles. The normalized spacial score (nSPS) is 10.1. The molecule has 0 fully saturated rings. The molecule has 0 radical (unpaired) electrons. The number of carbonyl (C=O) groups is 1. The zero-order valence-corrected chi connectivity index (χ0v) is 12.9. The number of ether oxygens (including phenoxy) is 1. The van der Waals surface area contributed by atoms with Crippen LogP contribution in [0.15, 0.2) is 42.6 Å². The van der Waals surface area contributed by atoms with E-state index in [0.717, 1.165) is 11.1 Å². The standard InChI is InChI=1S/C17H21N3O2/c1-3-22-16-15(8-5-9-18-16)12-20-17(21)19-11-14-7-4-6-13(2)10-14/h4-10H,3,11-12H2,1-2H3,(H2,19,20,21). The highest BCUT2D eigenvalue weighted by molar-refractivity contribution is 5.73. The summed E-state index contributed by atoms with van der Waals surface area (Å²) in [6.45, 7) is 5.35. The van der Waals surface area contributed by atoms with Crippen LogP contribution < -0.4 is 15.4 Å². The Labute approximate surface area is 130 Å². The number of pyridine rings is 1. The Morgan fingerprint density at radius 2 is 2.00 bits per heavy atom. The first kappa shape index (κ1) is 15.8. The summed E-state index contributed by atoms with van der Waals surface area (Å²) in [6, 6.07) is 11.5. The Morgan fingerprint density at radius 1 is 1.18 bits per heavy atom. The summed E-state index contributed by atoms with van der Waals surface area (Å²) in [4.78, 5) is 16.0. The molecule has 2 N–H and O–H groups in total. The van der Waals surface area contributed by atoms with Crippen LogP contribution in [0.4, 0.5) is 4.79 Å². The van der Waals surface area contributed by atoms with E-state index in [0.29, 0.717) is 25.6 Å². The minimum absolute atomic E-state index is 0.215. The molecule has 0 saturated carbocycles. The Bertz CT molecular complexity index is 629.